The van der Waals surface area contributed by atoms with Gasteiger partial charge in [0.25, 0.3) is 5.91 Å². The van der Waals surface area contributed by atoms with Crippen molar-refractivity contribution >= 4 is 34.7 Å². The quantitative estimate of drug-likeness (QED) is 0.630. The average Bonchev–Trinajstić information content (AvgIpc) is 2.65. The first-order valence-electron chi connectivity index (χ1n) is 8.71. The summed E-state index contributed by atoms with van der Waals surface area (Å²) in [7, 11) is 1.56. The molecule has 0 fully saturated rings. The molecule has 0 spiro atoms. The first kappa shape index (κ1) is 19.6. The molecule has 0 saturated heterocycles. The van der Waals surface area contributed by atoms with E-state index in [2.05, 4.69) is 20.6 Å². The Kier molecular flexibility index (Phi) is 5.80. The molecule has 3 aromatic rings. The van der Waals surface area contributed by atoms with Crippen LogP contribution in [0.2, 0.25) is 5.02 Å². The van der Waals surface area contributed by atoms with Crippen molar-refractivity contribution in [2.75, 3.05) is 17.7 Å². The van der Waals surface area contributed by atoms with E-state index in [1.54, 1.807) is 20.1 Å². The molecule has 2 N–H and O–H groups in total. The van der Waals surface area contributed by atoms with Gasteiger partial charge in [-0.25, -0.2) is 9.97 Å². The summed E-state index contributed by atoms with van der Waals surface area (Å²) in [6.45, 7) is 5.59. The van der Waals surface area contributed by atoms with Crippen molar-refractivity contribution in [3.8, 4) is 5.75 Å². The molecule has 0 radical (unpaired) electrons. The van der Waals surface area contributed by atoms with Crippen LogP contribution in [-0.4, -0.2) is 23.0 Å². The molecule has 0 aliphatic carbocycles. The Labute approximate surface area is 168 Å². The molecule has 6 nitrogen and oxygen atoms in total. The number of amides is 1. The number of ether oxygens (including phenoxy) is 1. The molecule has 3 rings (SSSR count). The second-order valence-corrected chi connectivity index (χ2v) is 6.79. The van der Waals surface area contributed by atoms with Crippen LogP contribution in [0.3, 0.4) is 0 Å². The topological polar surface area (TPSA) is 76.1 Å². The molecule has 144 valence electrons. The third-order valence-corrected chi connectivity index (χ3v) is 4.61. The molecule has 0 bridgehead atoms. The van der Waals surface area contributed by atoms with E-state index in [9.17, 15) is 4.79 Å². The van der Waals surface area contributed by atoms with E-state index in [0.29, 0.717) is 28.1 Å². The lowest BCUT2D eigenvalue weighted by Gasteiger charge is -2.13. The number of benzene rings is 2. The van der Waals surface area contributed by atoms with Gasteiger partial charge in [0.1, 0.15) is 23.1 Å². The standard InChI is InChI=1S/C21H21ClN4O2/c1-12-8-9-19(28-4)17(10-12)26-21(27)18-11-20(24-14(3)23-18)25-16-7-5-6-15(22)13(16)2/h5-11H,1-4H3,(H,26,27)(H,23,24,25). The fourth-order valence-corrected chi connectivity index (χ4v) is 2.91. The highest BCUT2D eigenvalue weighted by Gasteiger charge is 2.14. The number of nitrogens with zero attached hydrogens (tertiary/aromatic N) is 2. The lowest BCUT2D eigenvalue weighted by atomic mass is 10.2. The molecule has 0 atom stereocenters. The smallest absolute Gasteiger partial charge is 0.274 e. The predicted molar refractivity (Wildman–Crippen MR) is 112 cm³/mol. The Balaban J connectivity index is 1.88. The van der Waals surface area contributed by atoms with Gasteiger partial charge in [-0.2, -0.15) is 0 Å². The second-order valence-electron chi connectivity index (χ2n) is 6.38. The lowest BCUT2D eigenvalue weighted by Crippen LogP contribution is -2.16. The molecule has 1 aromatic heterocycles. The minimum absolute atomic E-state index is 0.248. The van der Waals surface area contributed by atoms with Crippen molar-refractivity contribution < 1.29 is 9.53 Å². The summed E-state index contributed by atoms with van der Waals surface area (Å²) in [5.41, 5.74) is 3.56. The minimum atomic E-state index is -0.347. The summed E-state index contributed by atoms with van der Waals surface area (Å²) < 4.78 is 5.32. The van der Waals surface area contributed by atoms with Crippen LogP contribution in [0, 0.1) is 20.8 Å². The number of halogens is 1. The van der Waals surface area contributed by atoms with Gasteiger partial charge in [-0.3, -0.25) is 4.79 Å². The molecule has 1 amide bonds. The zero-order chi connectivity index (χ0) is 20.3. The van der Waals surface area contributed by atoms with E-state index in [1.165, 1.54) is 0 Å². The summed E-state index contributed by atoms with van der Waals surface area (Å²) in [6, 6.07) is 12.7. The zero-order valence-corrected chi connectivity index (χ0v) is 16.9. The first-order valence-corrected chi connectivity index (χ1v) is 9.09. The number of aromatic nitrogens is 2. The van der Waals surface area contributed by atoms with E-state index in [-0.39, 0.29) is 11.6 Å². The molecule has 0 aliphatic rings. The van der Waals surface area contributed by atoms with Crippen LogP contribution < -0.4 is 15.4 Å². The second kappa shape index (κ2) is 8.27. The Hall–Kier alpha value is -3.12. The number of hydrogen-bond donors (Lipinski definition) is 2. The van der Waals surface area contributed by atoms with Gasteiger partial charge in [-0.1, -0.05) is 23.7 Å². The number of aryl methyl sites for hydroxylation is 2. The van der Waals surface area contributed by atoms with Crippen molar-refractivity contribution in [1.82, 2.24) is 9.97 Å². The first-order chi connectivity index (χ1) is 13.4. The van der Waals surface area contributed by atoms with Gasteiger partial charge < -0.3 is 15.4 Å². The highest BCUT2D eigenvalue weighted by molar-refractivity contribution is 6.31. The summed E-state index contributed by atoms with van der Waals surface area (Å²) in [4.78, 5) is 21.4. The van der Waals surface area contributed by atoms with Gasteiger partial charge in [0.05, 0.1) is 12.8 Å². The van der Waals surface area contributed by atoms with Crippen molar-refractivity contribution in [1.29, 1.82) is 0 Å². The van der Waals surface area contributed by atoms with Crippen LogP contribution in [0.5, 0.6) is 5.75 Å². The van der Waals surface area contributed by atoms with Gasteiger partial charge >= 0.3 is 0 Å². The maximum Gasteiger partial charge on any atom is 0.274 e. The number of nitrogens with one attached hydrogen (secondary N) is 2. The number of carbonyl (C=O) groups is 1. The third kappa shape index (κ3) is 4.40. The molecule has 0 saturated carbocycles. The number of anilines is 3. The normalized spacial score (nSPS) is 10.5. The van der Waals surface area contributed by atoms with E-state index < -0.39 is 0 Å². The Bertz CT molecular complexity index is 1040. The Morgan fingerprint density at radius 3 is 2.57 bits per heavy atom. The van der Waals surface area contributed by atoms with Crippen LogP contribution in [0.25, 0.3) is 0 Å². The fraction of sp³-hybridized carbons (Fsp3) is 0.190. The highest BCUT2D eigenvalue weighted by Crippen LogP contribution is 2.27. The number of rotatable bonds is 5. The summed E-state index contributed by atoms with van der Waals surface area (Å²) in [5, 5.41) is 6.71. The number of methoxy groups -OCH3 is 1. The van der Waals surface area contributed by atoms with Crippen LogP contribution in [0.15, 0.2) is 42.5 Å². The zero-order valence-electron chi connectivity index (χ0n) is 16.1. The van der Waals surface area contributed by atoms with Crippen molar-refractivity contribution in [2.24, 2.45) is 0 Å². The highest BCUT2D eigenvalue weighted by atomic mass is 35.5. The van der Waals surface area contributed by atoms with E-state index >= 15 is 0 Å². The largest absolute Gasteiger partial charge is 0.495 e. The van der Waals surface area contributed by atoms with Crippen LogP contribution >= 0.6 is 11.6 Å². The van der Waals surface area contributed by atoms with Gasteiger partial charge in [0, 0.05) is 16.8 Å². The molecular weight excluding hydrogens is 376 g/mol. The van der Waals surface area contributed by atoms with Crippen molar-refractivity contribution in [3.63, 3.8) is 0 Å². The van der Waals surface area contributed by atoms with E-state index in [1.807, 2.05) is 50.2 Å². The SMILES string of the molecule is COc1ccc(C)cc1NC(=O)c1cc(Nc2cccc(Cl)c2C)nc(C)n1. The molecule has 7 heteroatoms. The molecule has 0 unspecified atom stereocenters. The van der Waals surface area contributed by atoms with Gasteiger partial charge in [0.2, 0.25) is 0 Å². The van der Waals surface area contributed by atoms with Crippen LogP contribution in [0.4, 0.5) is 17.2 Å². The molecule has 28 heavy (non-hydrogen) atoms. The minimum Gasteiger partial charge on any atom is -0.495 e. The van der Waals surface area contributed by atoms with Gasteiger partial charge in [0.15, 0.2) is 0 Å². The van der Waals surface area contributed by atoms with Crippen LogP contribution in [0.1, 0.15) is 27.4 Å². The van der Waals surface area contributed by atoms with E-state index in [4.69, 9.17) is 16.3 Å². The number of carbonyl (C=O) groups excluding carboxylic acids is 1. The Morgan fingerprint density at radius 2 is 1.82 bits per heavy atom. The lowest BCUT2D eigenvalue weighted by molar-refractivity contribution is 0.102. The van der Waals surface area contributed by atoms with Gasteiger partial charge in [-0.05, 0) is 56.2 Å². The monoisotopic (exact) mass is 396 g/mol. The molecule has 1 heterocycles. The summed E-state index contributed by atoms with van der Waals surface area (Å²) >= 11 is 6.18. The number of hydrogen-bond acceptors (Lipinski definition) is 5. The maximum atomic E-state index is 12.8. The van der Waals surface area contributed by atoms with Crippen molar-refractivity contribution in [2.45, 2.75) is 20.8 Å². The average molecular weight is 397 g/mol. The fourth-order valence-electron chi connectivity index (χ4n) is 2.73. The summed E-state index contributed by atoms with van der Waals surface area (Å²) in [5.74, 6) is 1.23. The summed E-state index contributed by atoms with van der Waals surface area (Å²) in [6.07, 6.45) is 0. The molecule has 2 aromatic carbocycles. The Morgan fingerprint density at radius 1 is 1.04 bits per heavy atom. The van der Waals surface area contributed by atoms with Crippen LogP contribution in [-0.2, 0) is 0 Å². The third-order valence-electron chi connectivity index (χ3n) is 4.20. The van der Waals surface area contributed by atoms with Gasteiger partial charge in [-0.15, -0.1) is 0 Å². The molecular formula is C21H21ClN4O2. The molecule has 0 aliphatic heterocycles. The van der Waals surface area contributed by atoms with E-state index in [0.717, 1.165) is 16.8 Å². The maximum absolute atomic E-state index is 12.8. The van der Waals surface area contributed by atoms with Crippen molar-refractivity contribution in [3.05, 3.63) is 70.1 Å². The predicted octanol–water partition coefficient (Wildman–Crippen LogP) is 5.06.